The van der Waals surface area contributed by atoms with Crippen molar-refractivity contribution in [3.05, 3.63) is 29.6 Å². The Morgan fingerprint density at radius 2 is 1.95 bits per heavy atom. The highest BCUT2D eigenvalue weighted by Gasteiger charge is 2.21. The number of aromatic nitrogens is 1. The first-order valence-corrected chi connectivity index (χ1v) is 7.25. The monoisotopic (exact) mass is 290 g/mol. The van der Waals surface area contributed by atoms with Gasteiger partial charge in [-0.25, -0.2) is 0 Å². The van der Waals surface area contributed by atoms with Crippen LogP contribution in [0.4, 0.5) is 0 Å². The molecule has 1 N–H and O–H groups in total. The lowest BCUT2D eigenvalue weighted by atomic mass is 10.2. The van der Waals surface area contributed by atoms with Crippen LogP contribution in [-0.2, 0) is 4.79 Å². The van der Waals surface area contributed by atoms with E-state index < -0.39 is 0 Å². The normalized spacial score (nSPS) is 15.8. The number of carbonyl (C=O) groups is 2. The van der Waals surface area contributed by atoms with Crippen LogP contribution in [0.2, 0.25) is 0 Å². The number of amides is 2. The first-order valence-electron chi connectivity index (χ1n) is 7.25. The number of nitrogens with zero attached hydrogens (tertiary/aromatic N) is 3. The van der Waals surface area contributed by atoms with Crippen molar-refractivity contribution in [2.75, 3.05) is 39.3 Å². The Bertz CT molecular complexity index is 493. The fourth-order valence-electron chi connectivity index (χ4n) is 2.34. The molecule has 2 rings (SSSR count). The van der Waals surface area contributed by atoms with Gasteiger partial charge in [-0.2, -0.15) is 0 Å². The van der Waals surface area contributed by atoms with Gasteiger partial charge in [0, 0.05) is 58.1 Å². The van der Waals surface area contributed by atoms with E-state index in [4.69, 9.17) is 0 Å². The minimum atomic E-state index is -0.00400. The van der Waals surface area contributed by atoms with Gasteiger partial charge in [-0.05, 0) is 19.1 Å². The molecule has 1 aliphatic heterocycles. The van der Waals surface area contributed by atoms with Crippen LogP contribution >= 0.6 is 0 Å². The third kappa shape index (κ3) is 4.53. The zero-order valence-electron chi connectivity index (χ0n) is 12.6. The summed E-state index contributed by atoms with van der Waals surface area (Å²) in [6.45, 7) is 8.02. The molecule has 1 aromatic rings. The van der Waals surface area contributed by atoms with Crippen LogP contribution in [-0.4, -0.2) is 65.9 Å². The predicted molar refractivity (Wildman–Crippen MR) is 80.0 cm³/mol. The molecular weight excluding hydrogens is 268 g/mol. The van der Waals surface area contributed by atoms with E-state index in [-0.39, 0.29) is 11.8 Å². The van der Waals surface area contributed by atoms with Crippen molar-refractivity contribution < 1.29 is 9.59 Å². The molecule has 0 aromatic carbocycles. The number of hydrogen-bond donors (Lipinski definition) is 1. The average Bonchev–Trinajstić information content (AvgIpc) is 2.48. The van der Waals surface area contributed by atoms with Gasteiger partial charge in [0.2, 0.25) is 5.91 Å². The molecule has 6 nitrogen and oxygen atoms in total. The van der Waals surface area contributed by atoms with E-state index in [9.17, 15) is 9.59 Å². The molecule has 1 saturated heterocycles. The Labute approximate surface area is 125 Å². The van der Waals surface area contributed by atoms with Crippen molar-refractivity contribution in [3.63, 3.8) is 0 Å². The molecule has 0 spiro atoms. The van der Waals surface area contributed by atoms with Gasteiger partial charge in [0.25, 0.3) is 5.91 Å². The number of carbonyl (C=O) groups excluding carboxylic acids is 2. The summed E-state index contributed by atoms with van der Waals surface area (Å²) < 4.78 is 0. The van der Waals surface area contributed by atoms with Gasteiger partial charge >= 0.3 is 0 Å². The molecule has 0 saturated carbocycles. The minimum Gasteiger partial charge on any atom is -0.355 e. The Hall–Kier alpha value is -1.95. The Morgan fingerprint density at radius 3 is 2.52 bits per heavy atom. The van der Waals surface area contributed by atoms with Crippen molar-refractivity contribution in [2.24, 2.45) is 0 Å². The van der Waals surface area contributed by atoms with Crippen LogP contribution in [0.1, 0.15) is 23.0 Å². The van der Waals surface area contributed by atoms with Crippen molar-refractivity contribution in [1.29, 1.82) is 0 Å². The lowest BCUT2D eigenvalue weighted by Gasteiger charge is -2.34. The number of aryl methyl sites for hydroxylation is 1. The second kappa shape index (κ2) is 7.17. The van der Waals surface area contributed by atoms with Crippen molar-refractivity contribution in [2.45, 2.75) is 13.8 Å². The SMILES string of the molecule is CC(=O)NCCN1CCN(C(=O)c2ccc(C)nc2)CC1. The van der Waals surface area contributed by atoms with Gasteiger partial charge < -0.3 is 10.2 Å². The first-order chi connectivity index (χ1) is 10.1. The van der Waals surface area contributed by atoms with Crippen molar-refractivity contribution in [1.82, 2.24) is 20.1 Å². The summed E-state index contributed by atoms with van der Waals surface area (Å²) in [5.41, 5.74) is 1.56. The molecule has 0 bridgehead atoms. The molecule has 1 aromatic heterocycles. The maximum absolute atomic E-state index is 12.3. The standard InChI is InChI=1S/C15H22N4O2/c1-12-3-4-14(11-17-12)15(21)19-9-7-18(8-10-19)6-5-16-13(2)20/h3-4,11H,5-10H2,1-2H3,(H,16,20). The van der Waals surface area contributed by atoms with Gasteiger partial charge in [-0.3, -0.25) is 19.5 Å². The zero-order valence-corrected chi connectivity index (χ0v) is 12.6. The highest BCUT2D eigenvalue weighted by atomic mass is 16.2. The molecule has 21 heavy (non-hydrogen) atoms. The molecule has 2 amide bonds. The number of nitrogens with one attached hydrogen (secondary N) is 1. The number of hydrogen-bond acceptors (Lipinski definition) is 4. The lowest BCUT2D eigenvalue weighted by Crippen LogP contribution is -2.50. The highest BCUT2D eigenvalue weighted by molar-refractivity contribution is 5.94. The van der Waals surface area contributed by atoms with Crippen molar-refractivity contribution in [3.8, 4) is 0 Å². The molecule has 6 heteroatoms. The van der Waals surface area contributed by atoms with E-state index in [0.29, 0.717) is 25.2 Å². The predicted octanol–water partition coefficient (Wildman–Crippen LogP) is 0.284. The van der Waals surface area contributed by atoms with E-state index >= 15 is 0 Å². The van der Waals surface area contributed by atoms with Crippen LogP contribution < -0.4 is 5.32 Å². The van der Waals surface area contributed by atoms with Crippen molar-refractivity contribution >= 4 is 11.8 Å². The number of piperazine rings is 1. The van der Waals surface area contributed by atoms with Crippen LogP contribution in [0.25, 0.3) is 0 Å². The summed E-state index contributed by atoms with van der Waals surface area (Å²) in [5.74, 6) is 0.0414. The first kappa shape index (κ1) is 15.4. The van der Waals surface area contributed by atoms with E-state index in [1.165, 1.54) is 6.92 Å². The summed E-state index contributed by atoms with van der Waals surface area (Å²) in [5, 5.41) is 2.79. The molecule has 0 aliphatic carbocycles. The maximum atomic E-state index is 12.3. The Kier molecular flexibility index (Phi) is 5.27. The fraction of sp³-hybridized carbons (Fsp3) is 0.533. The Morgan fingerprint density at radius 1 is 1.24 bits per heavy atom. The van der Waals surface area contributed by atoms with Gasteiger partial charge in [0.15, 0.2) is 0 Å². The van der Waals surface area contributed by atoms with E-state index in [1.54, 1.807) is 6.20 Å². The second-order valence-corrected chi connectivity index (χ2v) is 5.31. The number of pyridine rings is 1. The lowest BCUT2D eigenvalue weighted by molar-refractivity contribution is -0.119. The van der Waals surface area contributed by atoms with Crippen LogP contribution in [0.5, 0.6) is 0 Å². The quantitative estimate of drug-likeness (QED) is 0.865. The number of rotatable bonds is 4. The zero-order chi connectivity index (χ0) is 15.2. The molecule has 114 valence electrons. The molecule has 1 fully saturated rings. The van der Waals surface area contributed by atoms with E-state index in [0.717, 1.165) is 25.3 Å². The molecular formula is C15H22N4O2. The molecule has 0 radical (unpaired) electrons. The topological polar surface area (TPSA) is 65.5 Å². The third-order valence-corrected chi connectivity index (χ3v) is 3.62. The molecule has 1 aliphatic rings. The largest absolute Gasteiger partial charge is 0.355 e. The van der Waals surface area contributed by atoms with E-state index in [2.05, 4.69) is 15.2 Å². The summed E-state index contributed by atoms with van der Waals surface area (Å²) in [7, 11) is 0. The smallest absolute Gasteiger partial charge is 0.255 e. The highest BCUT2D eigenvalue weighted by Crippen LogP contribution is 2.08. The van der Waals surface area contributed by atoms with Gasteiger partial charge in [-0.1, -0.05) is 0 Å². The summed E-state index contributed by atoms with van der Waals surface area (Å²) >= 11 is 0. The maximum Gasteiger partial charge on any atom is 0.255 e. The fourth-order valence-corrected chi connectivity index (χ4v) is 2.34. The molecule has 0 unspecified atom stereocenters. The van der Waals surface area contributed by atoms with Gasteiger partial charge in [-0.15, -0.1) is 0 Å². The molecule has 2 heterocycles. The van der Waals surface area contributed by atoms with Crippen LogP contribution in [0, 0.1) is 6.92 Å². The summed E-state index contributed by atoms with van der Waals surface area (Å²) in [6.07, 6.45) is 1.64. The summed E-state index contributed by atoms with van der Waals surface area (Å²) in [4.78, 5) is 31.4. The minimum absolute atomic E-state index is 0.00400. The average molecular weight is 290 g/mol. The third-order valence-electron chi connectivity index (χ3n) is 3.62. The van der Waals surface area contributed by atoms with Crippen LogP contribution in [0.15, 0.2) is 18.3 Å². The second-order valence-electron chi connectivity index (χ2n) is 5.31. The Balaban J connectivity index is 1.79. The van der Waals surface area contributed by atoms with Crippen LogP contribution in [0.3, 0.4) is 0 Å². The molecule has 0 atom stereocenters. The summed E-state index contributed by atoms with van der Waals surface area (Å²) in [6, 6.07) is 3.69. The van der Waals surface area contributed by atoms with Gasteiger partial charge in [0.1, 0.15) is 0 Å². The van der Waals surface area contributed by atoms with E-state index in [1.807, 2.05) is 24.0 Å². The van der Waals surface area contributed by atoms with Gasteiger partial charge in [0.05, 0.1) is 5.56 Å².